The molecule has 0 spiro atoms. The summed E-state index contributed by atoms with van der Waals surface area (Å²) in [6, 6.07) is 6.06. The molecule has 0 amide bonds. The van der Waals surface area contributed by atoms with Gasteiger partial charge in [0.1, 0.15) is 28.2 Å². The van der Waals surface area contributed by atoms with Gasteiger partial charge in [0.15, 0.2) is 5.43 Å². The van der Waals surface area contributed by atoms with Gasteiger partial charge in [-0.2, -0.15) is 0 Å². The van der Waals surface area contributed by atoms with E-state index in [0.717, 1.165) is 6.07 Å². The van der Waals surface area contributed by atoms with Crippen LogP contribution in [0, 0.1) is 10.1 Å². The smallest absolute Gasteiger partial charge is 0.270 e. The number of fused-ring (bicyclic) bond motifs is 1. The maximum Gasteiger partial charge on any atom is 0.270 e. The summed E-state index contributed by atoms with van der Waals surface area (Å²) in [7, 11) is 1.86. The molecule has 0 saturated carbocycles. The van der Waals surface area contributed by atoms with E-state index >= 15 is 0 Å². The molecule has 0 aliphatic carbocycles. The number of nitro benzene ring substituents is 1. The summed E-state index contributed by atoms with van der Waals surface area (Å²) >= 11 is 3.28. The Kier molecular flexibility index (Phi) is 5.46. The van der Waals surface area contributed by atoms with Gasteiger partial charge in [-0.1, -0.05) is 0 Å². The monoisotopic (exact) mass is 490 g/mol. The third-order valence-electron chi connectivity index (χ3n) is 5.81. The predicted molar refractivity (Wildman–Crippen MR) is 116 cm³/mol. The molecule has 2 atom stereocenters. The van der Waals surface area contributed by atoms with E-state index in [1.807, 2.05) is 11.9 Å². The van der Waals surface area contributed by atoms with Gasteiger partial charge in [0.2, 0.25) is 0 Å². The number of aliphatic hydroxyl groups is 1. The standard InChI is InChI=1S/C21H19BrN2O7/c1-23-5-4-12(14(23)9-25)19-15(26)7-16(27)20-17(28)8-18(31-21(19)20)11-3-2-10(24(29)30)6-13(11)22/h2-3,6-8,12,14,25-27H,4-5,9H2,1H3. The summed E-state index contributed by atoms with van der Waals surface area (Å²) in [6.45, 7) is 0.524. The van der Waals surface area contributed by atoms with Gasteiger partial charge in [-0.25, -0.2) is 0 Å². The molecule has 1 aliphatic heterocycles. The Morgan fingerprint density at radius 1 is 1.26 bits per heavy atom. The molecule has 3 aromatic rings. The number of aliphatic hydroxyl groups excluding tert-OH is 1. The average molecular weight is 491 g/mol. The van der Waals surface area contributed by atoms with Crippen molar-refractivity contribution in [3.05, 3.63) is 60.7 Å². The highest BCUT2D eigenvalue weighted by Gasteiger charge is 2.36. The number of nitrogens with zero attached hydrogens (tertiary/aromatic N) is 2. The van der Waals surface area contributed by atoms with Gasteiger partial charge < -0.3 is 24.6 Å². The van der Waals surface area contributed by atoms with E-state index in [-0.39, 0.29) is 46.7 Å². The minimum Gasteiger partial charge on any atom is -0.507 e. The second-order valence-electron chi connectivity index (χ2n) is 7.55. The largest absolute Gasteiger partial charge is 0.507 e. The molecule has 2 heterocycles. The molecule has 31 heavy (non-hydrogen) atoms. The minimum atomic E-state index is -0.537. The molecular formula is C21H19BrN2O7. The van der Waals surface area contributed by atoms with Gasteiger partial charge in [0.05, 0.1) is 11.5 Å². The molecule has 2 aromatic carbocycles. The van der Waals surface area contributed by atoms with Crippen LogP contribution in [0.25, 0.3) is 22.3 Å². The fraction of sp³-hybridized carbons (Fsp3) is 0.286. The lowest BCUT2D eigenvalue weighted by molar-refractivity contribution is -0.384. The lowest BCUT2D eigenvalue weighted by Gasteiger charge is -2.24. The van der Waals surface area contributed by atoms with E-state index in [1.54, 1.807) is 0 Å². The summed E-state index contributed by atoms with van der Waals surface area (Å²) in [5.41, 5.74) is 0.125. The number of likely N-dealkylation sites (tertiary alicyclic amines) is 1. The number of rotatable bonds is 4. The summed E-state index contributed by atoms with van der Waals surface area (Å²) < 4.78 is 6.37. The maximum atomic E-state index is 12.9. The molecular weight excluding hydrogens is 472 g/mol. The molecule has 1 saturated heterocycles. The number of hydrogen-bond acceptors (Lipinski definition) is 8. The van der Waals surface area contributed by atoms with Crippen LogP contribution in [0.15, 0.2) is 44.0 Å². The summed E-state index contributed by atoms with van der Waals surface area (Å²) in [6.07, 6.45) is 0.615. The van der Waals surface area contributed by atoms with Crippen molar-refractivity contribution in [1.29, 1.82) is 0 Å². The maximum absolute atomic E-state index is 12.9. The van der Waals surface area contributed by atoms with Gasteiger partial charge in [0.25, 0.3) is 5.69 Å². The number of phenols is 2. The first-order valence-corrected chi connectivity index (χ1v) is 10.3. The van der Waals surface area contributed by atoms with Gasteiger partial charge in [-0.3, -0.25) is 14.9 Å². The molecule has 162 valence electrons. The van der Waals surface area contributed by atoms with Crippen LogP contribution >= 0.6 is 15.9 Å². The van der Waals surface area contributed by atoms with Crippen molar-refractivity contribution in [3.8, 4) is 22.8 Å². The third-order valence-corrected chi connectivity index (χ3v) is 6.46. The van der Waals surface area contributed by atoms with Crippen molar-refractivity contribution in [1.82, 2.24) is 4.90 Å². The van der Waals surface area contributed by atoms with Crippen LogP contribution in [0.1, 0.15) is 17.9 Å². The van der Waals surface area contributed by atoms with Gasteiger partial charge in [-0.15, -0.1) is 0 Å². The Morgan fingerprint density at radius 2 is 2.00 bits per heavy atom. The molecule has 1 aliphatic rings. The Hall–Kier alpha value is -2.95. The van der Waals surface area contributed by atoms with Crippen LogP contribution in [0.5, 0.6) is 11.5 Å². The third kappa shape index (κ3) is 3.56. The zero-order valence-electron chi connectivity index (χ0n) is 16.4. The molecule has 2 unspecified atom stereocenters. The molecule has 10 heteroatoms. The number of aromatic hydroxyl groups is 2. The van der Waals surface area contributed by atoms with E-state index in [2.05, 4.69) is 15.9 Å². The van der Waals surface area contributed by atoms with Gasteiger partial charge >= 0.3 is 0 Å². The van der Waals surface area contributed by atoms with Crippen molar-refractivity contribution < 1.29 is 24.7 Å². The highest BCUT2D eigenvalue weighted by atomic mass is 79.9. The Bertz CT molecular complexity index is 1260. The first kappa shape index (κ1) is 21.3. The van der Waals surface area contributed by atoms with Crippen LogP contribution in [-0.2, 0) is 0 Å². The highest BCUT2D eigenvalue weighted by molar-refractivity contribution is 9.10. The predicted octanol–water partition coefficient (Wildman–Crippen LogP) is 3.32. The van der Waals surface area contributed by atoms with Crippen LogP contribution in [0.2, 0.25) is 0 Å². The van der Waals surface area contributed by atoms with E-state index in [0.29, 0.717) is 28.6 Å². The fourth-order valence-corrected chi connectivity index (χ4v) is 4.80. The van der Waals surface area contributed by atoms with Crippen molar-refractivity contribution in [2.75, 3.05) is 20.2 Å². The second-order valence-corrected chi connectivity index (χ2v) is 8.41. The zero-order valence-corrected chi connectivity index (χ0v) is 18.0. The van der Waals surface area contributed by atoms with Gasteiger partial charge in [-0.05, 0) is 42.0 Å². The number of nitro groups is 1. The molecule has 1 fully saturated rings. The molecule has 1 aromatic heterocycles. The number of hydrogen-bond donors (Lipinski definition) is 3. The van der Waals surface area contributed by atoms with Crippen LogP contribution < -0.4 is 5.43 Å². The van der Waals surface area contributed by atoms with Crippen LogP contribution in [0.3, 0.4) is 0 Å². The van der Waals surface area contributed by atoms with Crippen molar-refractivity contribution in [2.45, 2.75) is 18.4 Å². The zero-order chi connectivity index (χ0) is 22.4. The quantitative estimate of drug-likeness (QED) is 0.374. The average Bonchev–Trinajstić information content (AvgIpc) is 3.07. The van der Waals surface area contributed by atoms with E-state index in [9.17, 15) is 30.2 Å². The summed E-state index contributed by atoms with van der Waals surface area (Å²) in [5, 5.41) is 41.8. The first-order chi connectivity index (χ1) is 14.7. The summed E-state index contributed by atoms with van der Waals surface area (Å²) in [4.78, 5) is 25.3. The number of non-ortho nitro benzene ring substituents is 1. The molecule has 0 radical (unpaired) electrons. The fourth-order valence-electron chi connectivity index (χ4n) is 4.24. The van der Waals surface area contributed by atoms with Crippen LogP contribution in [0.4, 0.5) is 5.69 Å². The number of benzene rings is 2. The summed E-state index contributed by atoms with van der Waals surface area (Å²) in [5.74, 6) is -0.841. The number of halogens is 1. The topological polar surface area (TPSA) is 137 Å². The SMILES string of the molecule is CN1CCC(c2c(O)cc(O)c3c(=O)cc(-c4ccc([N+](=O)[O-])cc4Br)oc23)C1CO. The Morgan fingerprint density at radius 3 is 2.65 bits per heavy atom. The molecule has 0 bridgehead atoms. The minimum absolute atomic E-state index is 0.0315. The number of likely N-dealkylation sites (N-methyl/N-ethyl adjacent to an activating group) is 1. The normalized spacial score (nSPS) is 19.2. The second kappa shape index (κ2) is 7.95. The van der Waals surface area contributed by atoms with Crippen molar-refractivity contribution in [2.24, 2.45) is 0 Å². The van der Waals surface area contributed by atoms with E-state index < -0.39 is 16.1 Å². The Labute approximate surface area is 184 Å². The Balaban J connectivity index is 1.98. The first-order valence-electron chi connectivity index (χ1n) is 9.51. The van der Waals surface area contributed by atoms with Gasteiger partial charge in [0, 0.05) is 51.8 Å². The number of phenolic OH excluding ortho intramolecular Hbond substituents is 2. The molecule has 9 nitrogen and oxygen atoms in total. The van der Waals surface area contributed by atoms with E-state index in [4.69, 9.17) is 4.42 Å². The highest BCUT2D eigenvalue weighted by Crippen LogP contribution is 2.44. The molecule has 3 N–H and O–H groups in total. The lowest BCUT2D eigenvalue weighted by Crippen LogP contribution is -2.32. The lowest BCUT2D eigenvalue weighted by atomic mass is 9.89. The van der Waals surface area contributed by atoms with Crippen molar-refractivity contribution in [3.63, 3.8) is 0 Å². The van der Waals surface area contributed by atoms with Crippen molar-refractivity contribution >= 4 is 32.6 Å². The molecule has 4 rings (SSSR count). The van der Waals surface area contributed by atoms with Crippen LogP contribution in [-0.4, -0.2) is 51.4 Å². The van der Waals surface area contributed by atoms with E-state index in [1.165, 1.54) is 24.3 Å².